The number of nitriles is 2. The van der Waals surface area contributed by atoms with Crippen molar-refractivity contribution < 1.29 is 4.92 Å². The summed E-state index contributed by atoms with van der Waals surface area (Å²) in [6.07, 6.45) is 1.38. The average molecular weight is 267 g/mol. The van der Waals surface area contributed by atoms with Crippen LogP contribution in [0.3, 0.4) is 0 Å². The van der Waals surface area contributed by atoms with Crippen molar-refractivity contribution >= 4 is 5.69 Å². The van der Waals surface area contributed by atoms with E-state index >= 15 is 0 Å². The van der Waals surface area contributed by atoms with Crippen molar-refractivity contribution in [1.82, 2.24) is 9.55 Å². The van der Waals surface area contributed by atoms with Gasteiger partial charge < -0.3 is 4.57 Å². The molecule has 1 heterocycles. The van der Waals surface area contributed by atoms with Gasteiger partial charge >= 0.3 is 0 Å². The molecule has 0 spiro atoms. The molecule has 7 heteroatoms. The molecule has 0 fully saturated rings. The highest BCUT2D eigenvalue weighted by atomic mass is 16.6. The summed E-state index contributed by atoms with van der Waals surface area (Å²) in [5, 5.41) is 28.8. The van der Waals surface area contributed by atoms with Gasteiger partial charge in [-0.25, -0.2) is 4.98 Å². The molecule has 20 heavy (non-hydrogen) atoms. The molecular formula is C13H9N5O2. The topological polar surface area (TPSA) is 109 Å². The summed E-state index contributed by atoms with van der Waals surface area (Å²) in [7, 11) is 0. The Kier molecular flexibility index (Phi) is 3.45. The summed E-state index contributed by atoms with van der Waals surface area (Å²) in [4.78, 5) is 14.3. The molecule has 0 aliphatic carbocycles. The lowest BCUT2D eigenvalue weighted by molar-refractivity contribution is -0.385. The summed E-state index contributed by atoms with van der Waals surface area (Å²) >= 11 is 0. The van der Waals surface area contributed by atoms with Crippen molar-refractivity contribution in [2.45, 2.75) is 13.5 Å². The van der Waals surface area contributed by atoms with E-state index in [1.165, 1.54) is 17.0 Å². The van der Waals surface area contributed by atoms with Crippen LogP contribution >= 0.6 is 0 Å². The fraction of sp³-hybridized carbons (Fsp3) is 0.154. The zero-order chi connectivity index (χ0) is 14.7. The van der Waals surface area contributed by atoms with Crippen molar-refractivity contribution in [3.8, 4) is 12.1 Å². The van der Waals surface area contributed by atoms with Crippen LogP contribution in [0.5, 0.6) is 0 Å². The highest BCUT2D eigenvalue weighted by molar-refractivity contribution is 5.45. The van der Waals surface area contributed by atoms with Crippen LogP contribution in [0.25, 0.3) is 0 Å². The lowest BCUT2D eigenvalue weighted by Crippen LogP contribution is -2.04. The molecule has 7 nitrogen and oxygen atoms in total. The Bertz CT molecular complexity index is 764. The molecule has 0 bridgehead atoms. The van der Waals surface area contributed by atoms with E-state index in [-0.39, 0.29) is 23.6 Å². The second-order valence-electron chi connectivity index (χ2n) is 4.11. The van der Waals surface area contributed by atoms with E-state index < -0.39 is 4.92 Å². The van der Waals surface area contributed by atoms with Crippen LogP contribution in [0, 0.1) is 39.7 Å². The van der Waals surface area contributed by atoms with Gasteiger partial charge in [-0.1, -0.05) is 12.1 Å². The normalized spacial score (nSPS) is 9.75. The Balaban J connectivity index is 2.44. The van der Waals surface area contributed by atoms with Gasteiger partial charge in [-0.2, -0.15) is 10.5 Å². The third kappa shape index (κ3) is 2.20. The molecule has 0 aliphatic heterocycles. The van der Waals surface area contributed by atoms with Crippen LogP contribution in [0.1, 0.15) is 22.5 Å². The Morgan fingerprint density at radius 3 is 2.75 bits per heavy atom. The first-order chi connectivity index (χ1) is 9.58. The lowest BCUT2D eigenvalue weighted by Gasteiger charge is -2.07. The van der Waals surface area contributed by atoms with Gasteiger partial charge in [0.2, 0.25) is 0 Å². The molecule has 98 valence electrons. The number of imidazole rings is 1. The summed E-state index contributed by atoms with van der Waals surface area (Å²) in [5.41, 5.74) is 1.47. The summed E-state index contributed by atoms with van der Waals surface area (Å²) in [6.45, 7) is 1.91. The second-order valence-corrected chi connectivity index (χ2v) is 4.11. The number of nitrogens with zero attached hydrogens (tertiary/aromatic N) is 5. The van der Waals surface area contributed by atoms with E-state index in [1.54, 1.807) is 19.1 Å². The molecule has 0 saturated heterocycles. The van der Waals surface area contributed by atoms with Crippen LogP contribution in [-0.4, -0.2) is 14.5 Å². The standard InChI is InChI=1S/C13H9N5O2/c1-9-10(3-2-4-12(9)18(19)20)7-17-8-16-11(5-14)13(17)6-15/h2-4,8H,7H2,1H3. The SMILES string of the molecule is Cc1c(Cn2cnc(C#N)c2C#N)cccc1[N+](=O)[O-]. The van der Waals surface area contributed by atoms with Gasteiger partial charge in [-0.15, -0.1) is 0 Å². The highest BCUT2D eigenvalue weighted by Gasteiger charge is 2.15. The van der Waals surface area contributed by atoms with Crippen LogP contribution in [0.15, 0.2) is 24.5 Å². The molecular weight excluding hydrogens is 258 g/mol. The van der Waals surface area contributed by atoms with Crippen LogP contribution in [-0.2, 0) is 6.54 Å². The molecule has 2 rings (SSSR count). The molecule has 0 unspecified atom stereocenters. The molecule has 0 amide bonds. The Morgan fingerprint density at radius 2 is 2.15 bits per heavy atom. The molecule has 0 aliphatic rings. The molecule has 0 N–H and O–H groups in total. The van der Waals surface area contributed by atoms with Crippen molar-refractivity contribution in [3.05, 3.63) is 57.2 Å². The maximum Gasteiger partial charge on any atom is 0.272 e. The molecule has 0 radical (unpaired) electrons. The minimum absolute atomic E-state index is 0.0293. The van der Waals surface area contributed by atoms with E-state index in [1.807, 2.05) is 12.1 Å². The van der Waals surface area contributed by atoms with Crippen LogP contribution < -0.4 is 0 Å². The highest BCUT2D eigenvalue weighted by Crippen LogP contribution is 2.22. The first-order valence-corrected chi connectivity index (χ1v) is 5.66. The van der Waals surface area contributed by atoms with Crippen molar-refractivity contribution in [1.29, 1.82) is 10.5 Å². The van der Waals surface area contributed by atoms with Gasteiger partial charge in [0, 0.05) is 11.6 Å². The van der Waals surface area contributed by atoms with Gasteiger partial charge in [0.25, 0.3) is 5.69 Å². The lowest BCUT2D eigenvalue weighted by atomic mass is 10.1. The second kappa shape index (κ2) is 5.21. The maximum atomic E-state index is 10.9. The number of hydrogen-bond donors (Lipinski definition) is 0. The number of aromatic nitrogens is 2. The molecule has 0 atom stereocenters. The van der Waals surface area contributed by atoms with Crippen LogP contribution in [0.4, 0.5) is 5.69 Å². The van der Waals surface area contributed by atoms with Crippen LogP contribution in [0.2, 0.25) is 0 Å². The molecule has 2 aromatic rings. The van der Waals surface area contributed by atoms with E-state index in [0.29, 0.717) is 11.1 Å². The summed E-state index contributed by atoms with van der Waals surface area (Å²) in [6, 6.07) is 8.52. The summed E-state index contributed by atoms with van der Waals surface area (Å²) < 4.78 is 1.50. The fourth-order valence-corrected chi connectivity index (χ4v) is 1.92. The number of nitro groups is 1. The zero-order valence-corrected chi connectivity index (χ0v) is 10.6. The number of nitro benzene ring substituents is 1. The van der Waals surface area contributed by atoms with Crippen molar-refractivity contribution in [2.75, 3.05) is 0 Å². The number of rotatable bonds is 3. The van der Waals surface area contributed by atoms with E-state index in [0.717, 1.165) is 0 Å². The third-order valence-electron chi connectivity index (χ3n) is 3.00. The minimum atomic E-state index is -0.446. The Labute approximate surface area is 114 Å². The maximum absolute atomic E-state index is 10.9. The van der Waals surface area contributed by atoms with Gasteiger partial charge in [0.15, 0.2) is 11.4 Å². The Hall–Kier alpha value is -3.19. The molecule has 1 aromatic heterocycles. The van der Waals surface area contributed by atoms with Gasteiger partial charge in [0.1, 0.15) is 12.1 Å². The van der Waals surface area contributed by atoms with Gasteiger partial charge in [0.05, 0.1) is 17.8 Å². The zero-order valence-electron chi connectivity index (χ0n) is 10.6. The first-order valence-electron chi connectivity index (χ1n) is 5.66. The van der Waals surface area contributed by atoms with Gasteiger partial charge in [-0.05, 0) is 12.5 Å². The third-order valence-corrected chi connectivity index (χ3v) is 3.00. The average Bonchev–Trinajstić information content (AvgIpc) is 2.82. The largest absolute Gasteiger partial charge is 0.317 e. The first kappa shape index (κ1) is 13.2. The Morgan fingerprint density at radius 1 is 1.40 bits per heavy atom. The van der Waals surface area contributed by atoms with E-state index in [4.69, 9.17) is 10.5 Å². The predicted octanol–water partition coefficient (Wildman–Crippen LogP) is 1.89. The monoisotopic (exact) mass is 267 g/mol. The van der Waals surface area contributed by atoms with E-state index in [9.17, 15) is 10.1 Å². The van der Waals surface area contributed by atoms with E-state index in [2.05, 4.69) is 4.98 Å². The summed E-state index contributed by atoms with van der Waals surface area (Å²) in [5.74, 6) is 0. The van der Waals surface area contributed by atoms with Crippen molar-refractivity contribution in [3.63, 3.8) is 0 Å². The number of benzene rings is 1. The number of hydrogen-bond acceptors (Lipinski definition) is 5. The minimum Gasteiger partial charge on any atom is -0.317 e. The quantitative estimate of drug-likeness (QED) is 0.623. The smallest absolute Gasteiger partial charge is 0.272 e. The molecule has 1 aromatic carbocycles. The van der Waals surface area contributed by atoms with Crippen molar-refractivity contribution in [2.24, 2.45) is 0 Å². The predicted molar refractivity (Wildman–Crippen MR) is 68.6 cm³/mol. The van der Waals surface area contributed by atoms with Gasteiger partial charge in [-0.3, -0.25) is 10.1 Å². The fourth-order valence-electron chi connectivity index (χ4n) is 1.92. The molecule has 0 saturated carbocycles.